The van der Waals surface area contributed by atoms with Gasteiger partial charge in [-0.1, -0.05) is 17.7 Å². The van der Waals surface area contributed by atoms with E-state index in [1.165, 1.54) is 38.4 Å². The van der Waals surface area contributed by atoms with Gasteiger partial charge >= 0.3 is 0 Å². The van der Waals surface area contributed by atoms with Crippen LogP contribution in [-0.4, -0.2) is 30.6 Å². The van der Waals surface area contributed by atoms with Crippen LogP contribution in [0.5, 0.6) is 0 Å². The van der Waals surface area contributed by atoms with Crippen LogP contribution in [-0.2, 0) is 6.54 Å². The molecule has 1 heterocycles. The van der Waals surface area contributed by atoms with Crippen LogP contribution in [0.4, 0.5) is 4.39 Å². The fraction of sp³-hybridized carbons (Fsp3) is 0.600. The molecule has 1 saturated heterocycles. The second-order valence-corrected chi connectivity index (χ2v) is 6.17. The third-order valence-electron chi connectivity index (χ3n) is 4.13. The van der Waals surface area contributed by atoms with Gasteiger partial charge in [0, 0.05) is 19.1 Å². The van der Waals surface area contributed by atoms with Crippen LogP contribution < -0.4 is 5.32 Å². The molecule has 0 amide bonds. The number of halogens is 2. The molecule has 1 saturated carbocycles. The molecule has 19 heavy (non-hydrogen) atoms. The summed E-state index contributed by atoms with van der Waals surface area (Å²) in [4.78, 5) is 2.62. The Bertz CT molecular complexity index is 448. The lowest BCUT2D eigenvalue weighted by molar-refractivity contribution is 0.312. The quantitative estimate of drug-likeness (QED) is 0.893. The molecule has 1 unspecified atom stereocenters. The van der Waals surface area contributed by atoms with E-state index in [-0.39, 0.29) is 10.8 Å². The average Bonchev–Trinajstić information content (AvgIpc) is 3.14. The van der Waals surface area contributed by atoms with Crippen molar-refractivity contribution >= 4 is 11.6 Å². The van der Waals surface area contributed by atoms with Gasteiger partial charge in [0.15, 0.2) is 0 Å². The lowest BCUT2D eigenvalue weighted by Gasteiger charge is -2.15. The van der Waals surface area contributed by atoms with Crippen LogP contribution in [0, 0.1) is 11.7 Å². The minimum absolute atomic E-state index is 0.194. The number of hydrogen-bond acceptors (Lipinski definition) is 2. The zero-order chi connectivity index (χ0) is 13.2. The zero-order valence-electron chi connectivity index (χ0n) is 11.0. The Kier molecular flexibility index (Phi) is 4.06. The van der Waals surface area contributed by atoms with Crippen LogP contribution in [0.2, 0.25) is 5.02 Å². The first kappa shape index (κ1) is 13.3. The van der Waals surface area contributed by atoms with E-state index in [0.717, 1.165) is 24.1 Å². The summed E-state index contributed by atoms with van der Waals surface area (Å²) in [5.74, 6) is 0.416. The fourth-order valence-corrected chi connectivity index (χ4v) is 2.99. The third kappa shape index (κ3) is 3.47. The summed E-state index contributed by atoms with van der Waals surface area (Å²) in [5, 5.41) is 3.63. The van der Waals surface area contributed by atoms with Gasteiger partial charge in [-0.3, -0.25) is 0 Å². The van der Waals surface area contributed by atoms with Gasteiger partial charge in [-0.05, 0) is 56.0 Å². The molecule has 2 nitrogen and oxygen atoms in total. The first-order chi connectivity index (χ1) is 9.22. The van der Waals surface area contributed by atoms with Gasteiger partial charge in [0.1, 0.15) is 5.82 Å². The maximum absolute atomic E-state index is 13.3. The number of hydrogen-bond donors (Lipinski definition) is 1. The van der Waals surface area contributed by atoms with Crippen molar-refractivity contribution in [2.75, 3.05) is 19.6 Å². The Hall–Kier alpha value is -0.640. The first-order valence-corrected chi connectivity index (χ1v) is 7.49. The third-order valence-corrected chi connectivity index (χ3v) is 4.43. The summed E-state index contributed by atoms with van der Waals surface area (Å²) < 4.78 is 13.3. The van der Waals surface area contributed by atoms with Crippen molar-refractivity contribution < 1.29 is 4.39 Å². The van der Waals surface area contributed by atoms with Gasteiger partial charge in [-0.2, -0.15) is 0 Å². The molecule has 1 aliphatic carbocycles. The molecule has 4 heteroatoms. The van der Waals surface area contributed by atoms with Gasteiger partial charge in [0.05, 0.1) is 5.02 Å². The maximum Gasteiger partial charge on any atom is 0.142 e. The van der Waals surface area contributed by atoms with E-state index in [9.17, 15) is 4.39 Å². The predicted molar refractivity (Wildman–Crippen MR) is 75.8 cm³/mol. The largest absolute Gasteiger partial charge is 0.312 e. The van der Waals surface area contributed by atoms with E-state index in [2.05, 4.69) is 10.2 Å². The van der Waals surface area contributed by atoms with Crippen LogP contribution in [0.15, 0.2) is 18.2 Å². The van der Waals surface area contributed by atoms with E-state index >= 15 is 0 Å². The number of rotatable bonds is 5. The fourth-order valence-electron chi connectivity index (χ4n) is 2.87. The number of benzene rings is 1. The van der Waals surface area contributed by atoms with Gasteiger partial charge < -0.3 is 10.2 Å². The summed E-state index contributed by atoms with van der Waals surface area (Å²) in [6, 6.07) is 5.90. The Balaban J connectivity index is 1.41. The molecule has 1 aromatic rings. The molecule has 0 bridgehead atoms. The summed E-state index contributed by atoms with van der Waals surface area (Å²) >= 11 is 5.67. The molecule has 1 N–H and O–H groups in total. The first-order valence-electron chi connectivity index (χ1n) is 7.11. The Morgan fingerprint density at radius 1 is 1.32 bits per heavy atom. The Morgan fingerprint density at radius 3 is 2.89 bits per heavy atom. The van der Waals surface area contributed by atoms with Crippen molar-refractivity contribution in [1.29, 1.82) is 0 Å². The van der Waals surface area contributed by atoms with Crippen LogP contribution >= 0.6 is 11.6 Å². The second kappa shape index (κ2) is 5.78. The van der Waals surface area contributed by atoms with Gasteiger partial charge in [0.2, 0.25) is 0 Å². The normalized spacial score (nSPS) is 24.0. The molecular weight excluding hydrogens is 263 g/mol. The number of nitrogens with one attached hydrogen (secondary N) is 1. The van der Waals surface area contributed by atoms with Crippen molar-refractivity contribution in [3.63, 3.8) is 0 Å². The molecule has 104 valence electrons. The van der Waals surface area contributed by atoms with Gasteiger partial charge in [0.25, 0.3) is 0 Å². The molecule has 1 aliphatic heterocycles. The monoisotopic (exact) mass is 282 g/mol. The highest BCUT2D eigenvalue weighted by Gasteiger charge is 2.33. The van der Waals surface area contributed by atoms with Crippen molar-refractivity contribution in [3.05, 3.63) is 34.6 Å². The molecule has 3 rings (SSSR count). The van der Waals surface area contributed by atoms with E-state index < -0.39 is 0 Å². The van der Waals surface area contributed by atoms with Crippen LogP contribution in [0.3, 0.4) is 0 Å². The van der Waals surface area contributed by atoms with E-state index in [0.29, 0.717) is 6.54 Å². The average molecular weight is 283 g/mol. The standard InChI is InChI=1S/C15H20ClFN2/c16-14-4-1-11(7-15(14)17)8-18-9-12-5-6-19(10-12)13-2-3-13/h1,4,7,12-13,18H,2-3,5-6,8-10H2. The number of nitrogens with zero attached hydrogens (tertiary/aromatic N) is 1. The van der Waals surface area contributed by atoms with Gasteiger partial charge in [-0.25, -0.2) is 4.39 Å². The minimum atomic E-state index is -0.332. The molecular formula is C15H20ClFN2. The number of likely N-dealkylation sites (tertiary alicyclic amines) is 1. The molecule has 0 aromatic heterocycles. The van der Waals surface area contributed by atoms with Crippen LogP contribution in [0.25, 0.3) is 0 Å². The molecule has 0 radical (unpaired) electrons. The SMILES string of the molecule is Fc1cc(CNCC2CCN(C3CC3)C2)ccc1Cl. The molecule has 0 spiro atoms. The predicted octanol–water partition coefficient (Wildman–Crippen LogP) is 3.05. The minimum Gasteiger partial charge on any atom is -0.312 e. The van der Waals surface area contributed by atoms with Crippen molar-refractivity contribution in [2.45, 2.75) is 31.8 Å². The van der Waals surface area contributed by atoms with Crippen molar-refractivity contribution in [2.24, 2.45) is 5.92 Å². The van der Waals surface area contributed by atoms with Gasteiger partial charge in [-0.15, -0.1) is 0 Å². The summed E-state index contributed by atoms with van der Waals surface area (Å²) in [7, 11) is 0. The summed E-state index contributed by atoms with van der Waals surface area (Å²) in [5.41, 5.74) is 0.957. The lowest BCUT2D eigenvalue weighted by atomic mass is 10.1. The van der Waals surface area contributed by atoms with E-state index in [4.69, 9.17) is 11.6 Å². The Morgan fingerprint density at radius 2 is 2.16 bits per heavy atom. The van der Waals surface area contributed by atoms with Crippen LogP contribution in [0.1, 0.15) is 24.8 Å². The smallest absolute Gasteiger partial charge is 0.142 e. The molecule has 2 aliphatic rings. The lowest BCUT2D eigenvalue weighted by Crippen LogP contribution is -2.27. The molecule has 1 atom stereocenters. The molecule has 2 fully saturated rings. The highest BCUT2D eigenvalue weighted by molar-refractivity contribution is 6.30. The van der Waals surface area contributed by atoms with Crippen molar-refractivity contribution in [3.8, 4) is 0 Å². The highest BCUT2D eigenvalue weighted by atomic mass is 35.5. The Labute approximate surface area is 118 Å². The second-order valence-electron chi connectivity index (χ2n) is 5.76. The molecule has 1 aromatic carbocycles. The summed E-state index contributed by atoms with van der Waals surface area (Å²) in [6.45, 7) is 4.22. The van der Waals surface area contributed by atoms with E-state index in [1.807, 2.05) is 6.07 Å². The van der Waals surface area contributed by atoms with E-state index in [1.54, 1.807) is 6.07 Å². The van der Waals surface area contributed by atoms with Crippen molar-refractivity contribution in [1.82, 2.24) is 10.2 Å². The maximum atomic E-state index is 13.3. The highest BCUT2D eigenvalue weighted by Crippen LogP contribution is 2.31. The zero-order valence-corrected chi connectivity index (χ0v) is 11.8. The topological polar surface area (TPSA) is 15.3 Å². The summed E-state index contributed by atoms with van der Waals surface area (Å²) in [6.07, 6.45) is 4.08.